The van der Waals surface area contributed by atoms with Gasteiger partial charge in [-0.25, -0.2) is 4.68 Å². The molecule has 2 heterocycles. The van der Waals surface area contributed by atoms with Crippen LogP contribution < -0.4 is 0 Å². The quantitative estimate of drug-likeness (QED) is 0.829. The summed E-state index contributed by atoms with van der Waals surface area (Å²) in [6.07, 6.45) is 5.57. The maximum Gasteiger partial charge on any atom is 0.150 e. The molecule has 1 atom stereocenters. The van der Waals surface area contributed by atoms with E-state index in [4.69, 9.17) is 10.00 Å². The molecule has 4 nitrogen and oxygen atoms in total. The van der Waals surface area contributed by atoms with Crippen molar-refractivity contribution in [3.05, 3.63) is 16.4 Å². The first kappa shape index (κ1) is 10.7. The fourth-order valence-corrected chi connectivity index (χ4v) is 2.11. The summed E-state index contributed by atoms with van der Waals surface area (Å²) in [7, 11) is 0. The summed E-state index contributed by atoms with van der Waals surface area (Å²) in [6, 6.07) is 2.09. The normalized spacial score (nSPS) is 21.2. The summed E-state index contributed by atoms with van der Waals surface area (Å²) in [4.78, 5) is 0. The highest BCUT2D eigenvalue weighted by molar-refractivity contribution is 9.10. The minimum atomic E-state index is 0.0440. The average Bonchev–Trinajstić information content (AvgIpc) is 2.63. The van der Waals surface area contributed by atoms with Gasteiger partial charge in [-0.1, -0.05) is 0 Å². The molecule has 1 aromatic heterocycles. The summed E-state index contributed by atoms with van der Waals surface area (Å²) in [5.41, 5.74) is 0.784. The van der Waals surface area contributed by atoms with Gasteiger partial charge < -0.3 is 4.74 Å². The van der Waals surface area contributed by atoms with Crippen LogP contribution in [0.1, 0.15) is 31.2 Å². The van der Waals surface area contributed by atoms with Gasteiger partial charge in [-0.3, -0.25) is 0 Å². The van der Waals surface area contributed by atoms with Crippen LogP contribution in [-0.2, 0) is 11.2 Å². The Hall–Kier alpha value is -0.860. The molecule has 0 amide bonds. The van der Waals surface area contributed by atoms with Crippen molar-refractivity contribution in [1.29, 1.82) is 5.26 Å². The third-order valence-corrected chi connectivity index (χ3v) is 3.12. The van der Waals surface area contributed by atoms with Crippen molar-refractivity contribution in [3.63, 3.8) is 0 Å². The number of hydrogen-bond acceptors (Lipinski definition) is 3. The molecule has 0 bridgehead atoms. The molecule has 0 spiro atoms. The van der Waals surface area contributed by atoms with Crippen LogP contribution in [0.3, 0.4) is 0 Å². The number of hydrogen-bond donors (Lipinski definition) is 0. The van der Waals surface area contributed by atoms with Gasteiger partial charge in [0.25, 0.3) is 0 Å². The zero-order chi connectivity index (χ0) is 10.7. The monoisotopic (exact) mass is 269 g/mol. The Kier molecular flexibility index (Phi) is 3.39. The molecule has 0 N–H and O–H groups in total. The number of halogens is 1. The molecule has 1 aliphatic heterocycles. The molecule has 1 aromatic rings. The molecule has 1 aliphatic rings. The maximum atomic E-state index is 8.61. The molecule has 15 heavy (non-hydrogen) atoms. The van der Waals surface area contributed by atoms with Crippen LogP contribution >= 0.6 is 15.9 Å². The summed E-state index contributed by atoms with van der Waals surface area (Å²) in [5, 5.41) is 13.0. The van der Waals surface area contributed by atoms with E-state index in [2.05, 4.69) is 27.1 Å². The molecule has 1 saturated heterocycles. The minimum absolute atomic E-state index is 0.0440. The Labute approximate surface area is 97.0 Å². The lowest BCUT2D eigenvalue weighted by molar-refractivity contribution is -0.0396. The number of ether oxygens (including phenoxy) is 1. The highest BCUT2D eigenvalue weighted by atomic mass is 79.9. The van der Waals surface area contributed by atoms with Gasteiger partial charge in [0.05, 0.1) is 22.7 Å². The van der Waals surface area contributed by atoms with Gasteiger partial charge >= 0.3 is 0 Å². The first-order chi connectivity index (χ1) is 7.31. The van der Waals surface area contributed by atoms with Crippen LogP contribution in [0.4, 0.5) is 0 Å². The fraction of sp³-hybridized carbons (Fsp3) is 0.600. The lowest BCUT2D eigenvalue weighted by Crippen LogP contribution is -2.18. The van der Waals surface area contributed by atoms with E-state index in [0.29, 0.717) is 6.42 Å². The maximum absolute atomic E-state index is 8.61. The zero-order valence-corrected chi connectivity index (χ0v) is 9.90. The lowest BCUT2D eigenvalue weighted by atomic mass is 10.2. The van der Waals surface area contributed by atoms with E-state index in [1.54, 1.807) is 0 Å². The zero-order valence-electron chi connectivity index (χ0n) is 8.32. The Morgan fingerprint density at radius 1 is 1.67 bits per heavy atom. The van der Waals surface area contributed by atoms with Gasteiger partial charge in [-0.2, -0.15) is 10.4 Å². The molecule has 5 heteroatoms. The summed E-state index contributed by atoms with van der Waals surface area (Å²) < 4.78 is 8.31. The second-order valence-electron chi connectivity index (χ2n) is 3.56. The van der Waals surface area contributed by atoms with Crippen LogP contribution in [0.25, 0.3) is 0 Å². The van der Waals surface area contributed by atoms with Gasteiger partial charge in [0, 0.05) is 12.8 Å². The van der Waals surface area contributed by atoms with Gasteiger partial charge in [0.2, 0.25) is 0 Å². The van der Waals surface area contributed by atoms with E-state index in [-0.39, 0.29) is 6.23 Å². The highest BCUT2D eigenvalue weighted by Crippen LogP contribution is 2.25. The Bertz CT molecular complexity index is 377. The van der Waals surface area contributed by atoms with Crippen molar-refractivity contribution in [2.45, 2.75) is 31.9 Å². The van der Waals surface area contributed by atoms with E-state index in [0.717, 1.165) is 29.6 Å². The number of nitrogens with zero attached hydrogens (tertiary/aromatic N) is 3. The first-order valence-electron chi connectivity index (χ1n) is 5.03. The largest absolute Gasteiger partial charge is 0.357 e. The van der Waals surface area contributed by atoms with Crippen LogP contribution in [0.5, 0.6) is 0 Å². The molecule has 2 rings (SSSR count). The van der Waals surface area contributed by atoms with E-state index in [1.165, 1.54) is 6.42 Å². The van der Waals surface area contributed by atoms with Crippen molar-refractivity contribution in [2.75, 3.05) is 6.61 Å². The lowest BCUT2D eigenvalue weighted by Gasteiger charge is -2.22. The van der Waals surface area contributed by atoms with E-state index >= 15 is 0 Å². The van der Waals surface area contributed by atoms with Crippen molar-refractivity contribution < 1.29 is 4.74 Å². The molecular formula is C10H12BrN3O. The number of rotatable bonds is 2. The number of nitriles is 1. The third kappa shape index (κ3) is 2.39. The Balaban J connectivity index is 2.14. The van der Waals surface area contributed by atoms with E-state index in [1.807, 2.05) is 10.9 Å². The Morgan fingerprint density at radius 2 is 2.53 bits per heavy atom. The summed E-state index contributed by atoms with van der Waals surface area (Å²) in [6.45, 7) is 0.801. The van der Waals surface area contributed by atoms with Gasteiger partial charge in [0.1, 0.15) is 6.23 Å². The first-order valence-corrected chi connectivity index (χ1v) is 5.82. The Morgan fingerprint density at radius 3 is 3.20 bits per heavy atom. The SMILES string of the molecule is N#CCc1nn(C2CCCCO2)cc1Br. The molecule has 0 radical (unpaired) electrons. The topological polar surface area (TPSA) is 50.8 Å². The van der Waals surface area contributed by atoms with Crippen molar-refractivity contribution in [1.82, 2.24) is 9.78 Å². The molecule has 0 aromatic carbocycles. The smallest absolute Gasteiger partial charge is 0.150 e. The standard InChI is InChI=1S/C10H12BrN3O/c11-8-7-14(13-9(8)4-5-12)10-3-1-2-6-15-10/h7,10H,1-4,6H2. The van der Waals surface area contributed by atoms with Crippen LogP contribution in [-0.4, -0.2) is 16.4 Å². The van der Waals surface area contributed by atoms with Crippen LogP contribution in [0.2, 0.25) is 0 Å². The molecule has 0 aliphatic carbocycles. The average molecular weight is 270 g/mol. The minimum Gasteiger partial charge on any atom is -0.357 e. The fourth-order valence-electron chi connectivity index (χ4n) is 1.68. The number of aromatic nitrogens is 2. The molecule has 1 fully saturated rings. The van der Waals surface area contributed by atoms with Gasteiger partial charge in [0.15, 0.2) is 0 Å². The molecule has 1 unspecified atom stereocenters. The van der Waals surface area contributed by atoms with Crippen LogP contribution in [0, 0.1) is 11.3 Å². The summed E-state index contributed by atoms with van der Waals surface area (Å²) >= 11 is 3.39. The second kappa shape index (κ2) is 4.77. The predicted octanol–water partition coefficient (Wildman–Crippen LogP) is 2.41. The van der Waals surface area contributed by atoms with E-state index in [9.17, 15) is 0 Å². The third-order valence-electron chi connectivity index (χ3n) is 2.45. The van der Waals surface area contributed by atoms with Gasteiger partial charge in [-0.05, 0) is 35.2 Å². The van der Waals surface area contributed by atoms with Crippen LogP contribution in [0.15, 0.2) is 10.7 Å². The van der Waals surface area contributed by atoms with Crippen molar-refractivity contribution >= 4 is 15.9 Å². The van der Waals surface area contributed by atoms with E-state index < -0.39 is 0 Å². The van der Waals surface area contributed by atoms with Crippen molar-refractivity contribution in [2.24, 2.45) is 0 Å². The molecule has 0 saturated carbocycles. The highest BCUT2D eigenvalue weighted by Gasteiger charge is 2.18. The molecular weight excluding hydrogens is 258 g/mol. The van der Waals surface area contributed by atoms with Gasteiger partial charge in [-0.15, -0.1) is 0 Å². The molecule has 80 valence electrons. The second-order valence-corrected chi connectivity index (χ2v) is 4.41. The summed E-state index contributed by atoms with van der Waals surface area (Å²) in [5.74, 6) is 0. The predicted molar refractivity (Wildman–Crippen MR) is 58.1 cm³/mol. The van der Waals surface area contributed by atoms with Crippen molar-refractivity contribution in [3.8, 4) is 6.07 Å².